The summed E-state index contributed by atoms with van der Waals surface area (Å²) in [5.41, 5.74) is 4.51. The Morgan fingerprint density at radius 2 is 1.76 bits per heavy atom. The summed E-state index contributed by atoms with van der Waals surface area (Å²) in [6, 6.07) is 11.4. The number of fused-ring (bicyclic) bond motifs is 1. The van der Waals surface area contributed by atoms with Gasteiger partial charge in [0.1, 0.15) is 0 Å². The van der Waals surface area contributed by atoms with Crippen molar-refractivity contribution in [3.05, 3.63) is 53.1 Å². The Morgan fingerprint density at radius 3 is 2.52 bits per heavy atom. The third kappa shape index (κ3) is 3.87. The summed E-state index contributed by atoms with van der Waals surface area (Å²) in [5, 5.41) is 5.87. The molecule has 1 aliphatic rings. The highest BCUT2D eigenvalue weighted by molar-refractivity contribution is 5.89. The molecule has 132 valence electrons. The second-order valence-electron chi connectivity index (χ2n) is 6.27. The average molecular weight is 340 g/mol. The summed E-state index contributed by atoms with van der Waals surface area (Å²) in [7, 11) is 3.20. The van der Waals surface area contributed by atoms with E-state index in [0.29, 0.717) is 11.5 Å². The average Bonchev–Trinajstić information content (AvgIpc) is 3.08. The van der Waals surface area contributed by atoms with E-state index in [4.69, 9.17) is 9.47 Å². The topological polar surface area (TPSA) is 59.6 Å². The van der Waals surface area contributed by atoms with Crippen LogP contribution in [0.5, 0.6) is 11.5 Å². The highest BCUT2D eigenvalue weighted by Gasteiger charge is 2.14. The summed E-state index contributed by atoms with van der Waals surface area (Å²) in [5.74, 6) is 1.31. The highest BCUT2D eigenvalue weighted by Crippen LogP contribution is 2.30. The lowest BCUT2D eigenvalue weighted by molar-refractivity contribution is 0.249. The molecule has 0 radical (unpaired) electrons. The summed E-state index contributed by atoms with van der Waals surface area (Å²) in [6.45, 7) is 1.93. The van der Waals surface area contributed by atoms with Crippen LogP contribution < -0.4 is 20.1 Å². The van der Waals surface area contributed by atoms with Crippen LogP contribution in [0.3, 0.4) is 0 Å². The number of carbonyl (C=O) groups excluding carboxylic acids is 1. The van der Waals surface area contributed by atoms with Crippen molar-refractivity contribution in [3.63, 3.8) is 0 Å². The van der Waals surface area contributed by atoms with Crippen molar-refractivity contribution in [1.82, 2.24) is 5.32 Å². The normalized spacial score (nSPS) is 13.7. The van der Waals surface area contributed by atoms with Crippen molar-refractivity contribution in [3.8, 4) is 11.5 Å². The van der Waals surface area contributed by atoms with E-state index in [-0.39, 0.29) is 12.1 Å². The van der Waals surface area contributed by atoms with Crippen LogP contribution in [0, 0.1) is 0 Å². The second kappa shape index (κ2) is 7.47. The molecule has 0 saturated carbocycles. The van der Waals surface area contributed by atoms with Crippen molar-refractivity contribution < 1.29 is 14.3 Å². The minimum absolute atomic E-state index is 0.158. The van der Waals surface area contributed by atoms with Gasteiger partial charge in [0.25, 0.3) is 0 Å². The minimum atomic E-state index is -0.222. The van der Waals surface area contributed by atoms with Crippen molar-refractivity contribution in [2.24, 2.45) is 0 Å². The number of anilines is 1. The Kier molecular flexibility index (Phi) is 5.12. The van der Waals surface area contributed by atoms with E-state index < -0.39 is 0 Å². The maximum absolute atomic E-state index is 12.3. The first-order valence-electron chi connectivity index (χ1n) is 8.52. The molecule has 0 saturated heterocycles. The van der Waals surface area contributed by atoms with Crippen molar-refractivity contribution in [2.45, 2.75) is 32.2 Å². The molecule has 0 heterocycles. The fourth-order valence-electron chi connectivity index (χ4n) is 3.22. The zero-order chi connectivity index (χ0) is 17.8. The Balaban J connectivity index is 1.64. The molecule has 2 N–H and O–H groups in total. The van der Waals surface area contributed by atoms with Crippen molar-refractivity contribution in [2.75, 3.05) is 19.5 Å². The largest absolute Gasteiger partial charge is 0.493 e. The highest BCUT2D eigenvalue weighted by atomic mass is 16.5. The maximum Gasteiger partial charge on any atom is 0.319 e. The number of aryl methyl sites for hydroxylation is 2. The van der Waals surface area contributed by atoms with Gasteiger partial charge in [-0.2, -0.15) is 0 Å². The Morgan fingerprint density at radius 1 is 1.00 bits per heavy atom. The Hall–Kier alpha value is -2.69. The van der Waals surface area contributed by atoms with E-state index >= 15 is 0 Å². The number of benzene rings is 2. The van der Waals surface area contributed by atoms with Gasteiger partial charge in [-0.15, -0.1) is 0 Å². The number of hydrogen-bond acceptors (Lipinski definition) is 3. The molecule has 0 fully saturated rings. The van der Waals surface area contributed by atoms with E-state index in [1.54, 1.807) is 14.2 Å². The molecule has 0 spiro atoms. The molecular formula is C20H24N2O3. The first-order valence-corrected chi connectivity index (χ1v) is 8.52. The Bertz CT molecular complexity index is 774. The molecule has 0 aliphatic heterocycles. The summed E-state index contributed by atoms with van der Waals surface area (Å²) >= 11 is 0. The summed E-state index contributed by atoms with van der Waals surface area (Å²) in [4.78, 5) is 12.3. The van der Waals surface area contributed by atoms with Gasteiger partial charge in [-0.05, 0) is 67.1 Å². The van der Waals surface area contributed by atoms with Crippen LogP contribution in [0.15, 0.2) is 36.4 Å². The molecule has 25 heavy (non-hydrogen) atoms. The number of nitrogens with one attached hydrogen (secondary N) is 2. The van der Waals surface area contributed by atoms with Gasteiger partial charge in [0.05, 0.1) is 20.3 Å². The van der Waals surface area contributed by atoms with Crippen LogP contribution in [0.2, 0.25) is 0 Å². The van der Waals surface area contributed by atoms with E-state index in [1.165, 1.54) is 17.5 Å². The van der Waals surface area contributed by atoms with Gasteiger partial charge < -0.3 is 20.1 Å². The van der Waals surface area contributed by atoms with Crippen LogP contribution in [0.1, 0.15) is 36.1 Å². The molecule has 0 aromatic heterocycles. The van der Waals surface area contributed by atoms with Crippen LogP contribution in [-0.2, 0) is 12.8 Å². The molecule has 2 amide bonds. The number of rotatable bonds is 5. The van der Waals surface area contributed by atoms with Crippen LogP contribution >= 0.6 is 0 Å². The predicted molar refractivity (Wildman–Crippen MR) is 98.6 cm³/mol. The van der Waals surface area contributed by atoms with E-state index in [9.17, 15) is 4.79 Å². The first-order chi connectivity index (χ1) is 12.1. The molecule has 0 bridgehead atoms. The second-order valence-corrected chi connectivity index (χ2v) is 6.27. The Labute approximate surface area is 148 Å². The number of ether oxygens (including phenoxy) is 2. The third-order valence-corrected chi connectivity index (χ3v) is 4.61. The van der Waals surface area contributed by atoms with Crippen molar-refractivity contribution >= 4 is 11.7 Å². The smallest absolute Gasteiger partial charge is 0.319 e. The quantitative estimate of drug-likeness (QED) is 0.862. The lowest BCUT2D eigenvalue weighted by Gasteiger charge is -2.17. The fourth-order valence-corrected chi connectivity index (χ4v) is 3.22. The van der Waals surface area contributed by atoms with Crippen LogP contribution in [-0.4, -0.2) is 20.3 Å². The van der Waals surface area contributed by atoms with E-state index in [2.05, 4.69) is 22.8 Å². The molecule has 5 heteroatoms. The first kappa shape index (κ1) is 17.1. The van der Waals surface area contributed by atoms with Gasteiger partial charge in [0.15, 0.2) is 11.5 Å². The number of carbonyl (C=O) groups is 1. The predicted octanol–water partition coefficient (Wildman–Crippen LogP) is 4.08. The molecule has 1 atom stereocenters. The third-order valence-electron chi connectivity index (χ3n) is 4.61. The zero-order valence-corrected chi connectivity index (χ0v) is 14.9. The number of methoxy groups -OCH3 is 2. The molecule has 2 aromatic carbocycles. The number of amides is 2. The zero-order valence-electron chi connectivity index (χ0n) is 14.9. The number of urea groups is 1. The molecule has 1 aliphatic carbocycles. The van der Waals surface area contributed by atoms with E-state index in [0.717, 1.165) is 24.1 Å². The fraction of sp³-hybridized carbons (Fsp3) is 0.350. The molecular weight excluding hydrogens is 316 g/mol. The van der Waals surface area contributed by atoms with Crippen LogP contribution in [0.4, 0.5) is 10.5 Å². The monoisotopic (exact) mass is 340 g/mol. The van der Waals surface area contributed by atoms with Crippen LogP contribution in [0.25, 0.3) is 0 Å². The van der Waals surface area contributed by atoms with Gasteiger partial charge in [-0.1, -0.05) is 12.1 Å². The molecule has 0 unspecified atom stereocenters. The van der Waals surface area contributed by atoms with Crippen molar-refractivity contribution in [1.29, 1.82) is 0 Å². The van der Waals surface area contributed by atoms with Gasteiger partial charge in [0.2, 0.25) is 0 Å². The molecule has 2 aromatic rings. The van der Waals surface area contributed by atoms with Gasteiger partial charge in [-0.25, -0.2) is 4.79 Å². The molecule has 5 nitrogen and oxygen atoms in total. The number of hydrogen-bond donors (Lipinski definition) is 2. The standard InChI is InChI=1S/C20H24N2O3/c1-13(15-8-10-18(24-2)19(12-15)25-3)21-20(23)22-17-9-7-14-5-4-6-16(14)11-17/h7-13H,4-6H2,1-3H3,(H2,21,22,23)/t13-/m1/s1. The SMILES string of the molecule is COc1ccc([C@@H](C)NC(=O)Nc2ccc3c(c2)CCC3)cc1OC. The lowest BCUT2D eigenvalue weighted by atomic mass is 10.1. The van der Waals surface area contributed by atoms with Gasteiger partial charge in [0, 0.05) is 5.69 Å². The van der Waals surface area contributed by atoms with E-state index in [1.807, 2.05) is 31.2 Å². The summed E-state index contributed by atoms with van der Waals surface area (Å²) in [6.07, 6.45) is 3.42. The maximum atomic E-state index is 12.3. The van der Waals surface area contributed by atoms with Gasteiger partial charge in [-0.3, -0.25) is 0 Å². The molecule has 3 rings (SSSR count). The lowest BCUT2D eigenvalue weighted by Crippen LogP contribution is -2.31. The van der Waals surface area contributed by atoms with Gasteiger partial charge >= 0.3 is 6.03 Å². The minimum Gasteiger partial charge on any atom is -0.493 e. The summed E-state index contributed by atoms with van der Waals surface area (Å²) < 4.78 is 10.6.